The van der Waals surface area contributed by atoms with Gasteiger partial charge in [0, 0.05) is 5.75 Å². The molecule has 27 heavy (non-hydrogen) atoms. The van der Waals surface area contributed by atoms with Gasteiger partial charge in [0.05, 0.1) is 19.4 Å². The lowest BCUT2D eigenvalue weighted by Gasteiger charge is -2.22. The molecule has 0 aromatic heterocycles. The first-order valence-corrected chi connectivity index (χ1v) is 8.09. The van der Waals surface area contributed by atoms with E-state index >= 15 is 0 Å². The Morgan fingerprint density at radius 3 is 1.78 bits per heavy atom. The van der Waals surface area contributed by atoms with Gasteiger partial charge < -0.3 is 37.6 Å². The number of thiol groups is 1. The van der Waals surface area contributed by atoms with Crippen molar-refractivity contribution in [1.29, 1.82) is 0 Å². The van der Waals surface area contributed by atoms with E-state index in [4.69, 9.17) is 21.7 Å². The van der Waals surface area contributed by atoms with Gasteiger partial charge in [0.25, 0.3) is 0 Å². The van der Waals surface area contributed by atoms with Crippen LogP contribution in [0.3, 0.4) is 0 Å². The largest absolute Gasteiger partial charge is 0.481 e. The van der Waals surface area contributed by atoms with Crippen molar-refractivity contribution in [3.05, 3.63) is 0 Å². The molecule has 9 N–H and O–H groups in total. The van der Waals surface area contributed by atoms with Crippen LogP contribution in [-0.2, 0) is 28.8 Å². The van der Waals surface area contributed by atoms with Crippen LogP contribution in [0.25, 0.3) is 0 Å². The third-order valence-corrected chi connectivity index (χ3v) is 3.42. The Hall–Kier alpha value is -2.87. The summed E-state index contributed by atoms with van der Waals surface area (Å²) in [6.07, 6.45) is -1.46. The van der Waals surface area contributed by atoms with Gasteiger partial charge in [-0.05, 0) is 0 Å². The SMILES string of the molecule is NCC(=O)NC(CC(N)=O)C(=O)NC(CS)C(=O)NC(CC(=O)O)C(=O)O. The van der Waals surface area contributed by atoms with Crippen molar-refractivity contribution in [3.8, 4) is 0 Å². The van der Waals surface area contributed by atoms with Crippen molar-refractivity contribution in [3.63, 3.8) is 0 Å². The first-order chi connectivity index (χ1) is 12.5. The number of carbonyl (C=O) groups excluding carboxylic acids is 4. The summed E-state index contributed by atoms with van der Waals surface area (Å²) >= 11 is 3.86. The van der Waals surface area contributed by atoms with Crippen LogP contribution in [0.4, 0.5) is 0 Å². The maximum atomic E-state index is 12.2. The average molecular weight is 407 g/mol. The zero-order valence-corrected chi connectivity index (χ0v) is 14.9. The Balaban J connectivity index is 5.12. The molecule has 152 valence electrons. The third kappa shape index (κ3) is 9.41. The summed E-state index contributed by atoms with van der Waals surface area (Å²) < 4.78 is 0. The van der Waals surface area contributed by atoms with E-state index in [0.717, 1.165) is 0 Å². The maximum Gasteiger partial charge on any atom is 0.326 e. The molecule has 0 aliphatic heterocycles. The van der Waals surface area contributed by atoms with Crippen molar-refractivity contribution < 1.29 is 39.0 Å². The molecule has 0 aromatic carbocycles. The molecule has 0 saturated carbocycles. The normalized spacial score (nSPS) is 13.6. The highest BCUT2D eigenvalue weighted by Crippen LogP contribution is 1.99. The molecule has 0 fully saturated rings. The highest BCUT2D eigenvalue weighted by atomic mass is 32.1. The Kier molecular flexibility index (Phi) is 10.4. The molecular formula is C13H21N5O8S. The number of carboxylic acids is 2. The van der Waals surface area contributed by atoms with E-state index in [-0.39, 0.29) is 5.75 Å². The minimum atomic E-state index is -1.73. The minimum Gasteiger partial charge on any atom is -0.481 e. The Morgan fingerprint density at radius 1 is 0.852 bits per heavy atom. The smallest absolute Gasteiger partial charge is 0.326 e. The van der Waals surface area contributed by atoms with Crippen molar-refractivity contribution >= 4 is 48.2 Å². The lowest BCUT2D eigenvalue weighted by molar-refractivity contribution is -0.147. The van der Waals surface area contributed by atoms with Crippen LogP contribution in [0.5, 0.6) is 0 Å². The van der Waals surface area contributed by atoms with Gasteiger partial charge >= 0.3 is 11.9 Å². The highest BCUT2D eigenvalue weighted by molar-refractivity contribution is 7.80. The summed E-state index contributed by atoms with van der Waals surface area (Å²) in [5.74, 6) is -6.98. The molecule has 0 heterocycles. The third-order valence-electron chi connectivity index (χ3n) is 3.05. The Bertz CT molecular complexity index is 614. The van der Waals surface area contributed by atoms with Crippen LogP contribution in [0.2, 0.25) is 0 Å². The van der Waals surface area contributed by atoms with Gasteiger partial charge in [0.15, 0.2) is 0 Å². The predicted octanol–water partition coefficient (Wildman–Crippen LogP) is -4.24. The molecule has 0 rings (SSSR count). The maximum absolute atomic E-state index is 12.2. The molecule has 0 aromatic rings. The number of nitrogens with one attached hydrogen (secondary N) is 3. The van der Waals surface area contributed by atoms with Crippen molar-refractivity contribution in [2.45, 2.75) is 31.0 Å². The predicted molar refractivity (Wildman–Crippen MR) is 92.4 cm³/mol. The number of rotatable bonds is 12. The van der Waals surface area contributed by atoms with Crippen LogP contribution in [0.15, 0.2) is 0 Å². The number of carboxylic acid groups (broad SMARTS) is 2. The van der Waals surface area contributed by atoms with Gasteiger partial charge in [-0.1, -0.05) is 0 Å². The van der Waals surface area contributed by atoms with E-state index in [1.807, 2.05) is 5.32 Å². The van der Waals surface area contributed by atoms with Gasteiger partial charge in [-0.3, -0.25) is 24.0 Å². The van der Waals surface area contributed by atoms with Crippen LogP contribution in [0, 0.1) is 0 Å². The molecule has 0 aliphatic carbocycles. The number of nitrogens with two attached hydrogens (primary N) is 2. The molecule has 3 atom stereocenters. The number of hydrogen-bond acceptors (Lipinski definition) is 8. The standard InChI is InChI=1S/C13H21N5O8S/c14-3-9(20)16-5(1-8(15)19)11(23)18-7(4-27)12(24)17-6(13(25)26)2-10(21)22/h5-7,27H,1-4,14H2,(H2,15,19)(H,16,20)(H,17,24)(H,18,23)(H,21,22)(H,25,26). The second-order valence-corrected chi connectivity index (χ2v) is 5.60. The van der Waals surface area contributed by atoms with E-state index in [9.17, 15) is 28.8 Å². The molecule has 0 saturated heterocycles. The molecule has 0 bridgehead atoms. The molecule has 0 spiro atoms. The molecule has 4 amide bonds. The van der Waals surface area contributed by atoms with Crippen LogP contribution >= 0.6 is 12.6 Å². The molecule has 3 unspecified atom stereocenters. The number of amides is 4. The summed E-state index contributed by atoms with van der Waals surface area (Å²) in [4.78, 5) is 68.3. The first-order valence-electron chi connectivity index (χ1n) is 7.45. The molecule has 0 aliphatic rings. The second kappa shape index (κ2) is 11.7. The lowest BCUT2D eigenvalue weighted by Crippen LogP contribution is -2.57. The zero-order chi connectivity index (χ0) is 21.1. The fourth-order valence-electron chi connectivity index (χ4n) is 1.78. The van der Waals surface area contributed by atoms with Gasteiger partial charge in [-0.2, -0.15) is 12.6 Å². The summed E-state index contributed by atoms with van der Waals surface area (Å²) in [5, 5.41) is 23.9. The minimum absolute atomic E-state index is 0.287. The summed E-state index contributed by atoms with van der Waals surface area (Å²) in [5.41, 5.74) is 10.1. The number of primary amides is 1. The number of aliphatic carboxylic acids is 2. The fourth-order valence-corrected chi connectivity index (χ4v) is 2.03. The highest BCUT2D eigenvalue weighted by Gasteiger charge is 2.30. The van der Waals surface area contributed by atoms with Crippen molar-refractivity contribution in [1.82, 2.24) is 16.0 Å². The summed E-state index contributed by atoms with van der Waals surface area (Å²) in [7, 11) is 0. The topological polar surface area (TPSA) is 231 Å². The van der Waals surface area contributed by atoms with E-state index in [0.29, 0.717) is 0 Å². The van der Waals surface area contributed by atoms with Crippen LogP contribution in [0.1, 0.15) is 12.8 Å². The van der Waals surface area contributed by atoms with Gasteiger partial charge in [0.1, 0.15) is 18.1 Å². The number of hydrogen-bond donors (Lipinski definition) is 8. The van der Waals surface area contributed by atoms with Crippen molar-refractivity contribution in [2.24, 2.45) is 11.5 Å². The molecule has 14 heteroatoms. The van der Waals surface area contributed by atoms with E-state index in [1.165, 1.54) is 0 Å². The van der Waals surface area contributed by atoms with Gasteiger partial charge in [-0.15, -0.1) is 0 Å². The van der Waals surface area contributed by atoms with E-state index < -0.39 is 73.1 Å². The van der Waals surface area contributed by atoms with E-state index in [2.05, 4.69) is 23.3 Å². The lowest BCUT2D eigenvalue weighted by atomic mass is 10.1. The average Bonchev–Trinajstić information content (AvgIpc) is 2.56. The van der Waals surface area contributed by atoms with Gasteiger partial charge in [0.2, 0.25) is 23.6 Å². The summed E-state index contributed by atoms with van der Waals surface area (Å²) in [6, 6.07) is -4.52. The second-order valence-electron chi connectivity index (χ2n) is 5.24. The quantitative estimate of drug-likeness (QED) is 0.146. The number of carbonyl (C=O) groups is 6. The van der Waals surface area contributed by atoms with Gasteiger partial charge in [-0.25, -0.2) is 4.79 Å². The Labute approximate surface area is 158 Å². The van der Waals surface area contributed by atoms with Crippen LogP contribution < -0.4 is 27.4 Å². The summed E-state index contributed by atoms with van der Waals surface area (Å²) in [6.45, 7) is -0.464. The first kappa shape index (κ1) is 24.1. The van der Waals surface area contributed by atoms with Crippen molar-refractivity contribution in [2.75, 3.05) is 12.3 Å². The van der Waals surface area contributed by atoms with E-state index in [1.54, 1.807) is 0 Å². The molecule has 0 radical (unpaired) electrons. The molecule has 13 nitrogen and oxygen atoms in total. The monoisotopic (exact) mass is 407 g/mol. The molecular weight excluding hydrogens is 386 g/mol. The fraction of sp³-hybridized carbons (Fsp3) is 0.538. The van der Waals surface area contributed by atoms with Crippen LogP contribution in [-0.4, -0.2) is 76.2 Å². The zero-order valence-electron chi connectivity index (χ0n) is 14.0. The Morgan fingerprint density at radius 2 is 1.37 bits per heavy atom.